The van der Waals surface area contributed by atoms with Crippen LogP contribution in [0.3, 0.4) is 0 Å². The Bertz CT molecular complexity index is 499. The van der Waals surface area contributed by atoms with Gasteiger partial charge in [-0.25, -0.2) is 0 Å². The molecule has 2 N–H and O–H groups in total. The van der Waals surface area contributed by atoms with Crippen molar-refractivity contribution in [2.75, 3.05) is 11.2 Å². The van der Waals surface area contributed by atoms with Gasteiger partial charge in [-0.15, -0.1) is 11.6 Å². The SMILES string of the molecule is O=C(CCl)Nc1cccc2c1C(=O)NC2=O. The molecule has 0 fully saturated rings. The summed E-state index contributed by atoms with van der Waals surface area (Å²) in [6, 6.07) is 4.65. The minimum atomic E-state index is -0.509. The van der Waals surface area contributed by atoms with E-state index in [9.17, 15) is 14.4 Å². The molecule has 0 bridgehead atoms. The monoisotopic (exact) mass is 238 g/mol. The molecule has 1 aliphatic rings. The fourth-order valence-electron chi connectivity index (χ4n) is 1.51. The van der Waals surface area contributed by atoms with Gasteiger partial charge in [0.05, 0.1) is 16.8 Å². The largest absolute Gasteiger partial charge is 0.324 e. The number of fused-ring (bicyclic) bond motifs is 1. The van der Waals surface area contributed by atoms with E-state index in [1.807, 2.05) is 0 Å². The number of nitrogens with one attached hydrogen (secondary N) is 2. The van der Waals surface area contributed by atoms with Crippen molar-refractivity contribution < 1.29 is 14.4 Å². The van der Waals surface area contributed by atoms with Crippen molar-refractivity contribution in [2.45, 2.75) is 0 Å². The number of hydrogen-bond donors (Lipinski definition) is 2. The van der Waals surface area contributed by atoms with Gasteiger partial charge < -0.3 is 5.32 Å². The van der Waals surface area contributed by atoms with Gasteiger partial charge in [0.25, 0.3) is 11.8 Å². The van der Waals surface area contributed by atoms with E-state index in [0.29, 0.717) is 5.69 Å². The lowest BCUT2D eigenvalue weighted by Crippen LogP contribution is -2.21. The molecule has 16 heavy (non-hydrogen) atoms. The standard InChI is InChI=1S/C10H7ClN2O3/c11-4-7(14)12-6-3-1-2-5-8(6)10(16)13-9(5)15/h1-3H,4H2,(H,12,14)(H,13,15,16). The minimum absolute atomic E-state index is 0.186. The van der Waals surface area contributed by atoms with Crippen LogP contribution in [0.25, 0.3) is 0 Å². The van der Waals surface area contributed by atoms with Crippen LogP contribution in [-0.4, -0.2) is 23.6 Å². The number of carbonyl (C=O) groups is 3. The van der Waals surface area contributed by atoms with Gasteiger partial charge in [0.2, 0.25) is 5.91 Å². The molecule has 5 nitrogen and oxygen atoms in total. The molecule has 1 aromatic carbocycles. The summed E-state index contributed by atoms with van der Waals surface area (Å²) in [4.78, 5) is 33.9. The lowest BCUT2D eigenvalue weighted by atomic mass is 10.1. The maximum Gasteiger partial charge on any atom is 0.261 e. The lowest BCUT2D eigenvalue weighted by molar-refractivity contribution is -0.113. The summed E-state index contributed by atoms with van der Waals surface area (Å²) in [7, 11) is 0. The third-order valence-electron chi connectivity index (χ3n) is 2.16. The molecule has 0 spiro atoms. The van der Waals surface area contributed by atoms with Crippen molar-refractivity contribution in [1.82, 2.24) is 5.32 Å². The molecule has 1 aromatic rings. The van der Waals surface area contributed by atoms with Crippen molar-refractivity contribution in [2.24, 2.45) is 0 Å². The fraction of sp³-hybridized carbons (Fsp3) is 0.100. The van der Waals surface area contributed by atoms with Crippen LogP contribution < -0.4 is 10.6 Å². The maximum absolute atomic E-state index is 11.5. The highest BCUT2D eigenvalue weighted by Gasteiger charge is 2.29. The van der Waals surface area contributed by atoms with E-state index in [-0.39, 0.29) is 17.0 Å². The van der Waals surface area contributed by atoms with Crippen LogP contribution in [0.1, 0.15) is 20.7 Å². The van der Waals surface area contributed by atoms with Crippen LogP contribution >= 0.6 is 11.6 Å². The van der Waals surface area contributed by atoms with Crippen LogP contribution in [0.15, 0.2) is 18.2 Å². The smallest absolute Gasteiger partial charge is 0.261 e. The second-order valence-electron chi connectivity index (χ2n) is 3.19. The van der Waals surface area contributed by atoms with E-state index < -0.39 is 17.7 Å². The van der Waals surface area contributed by atoms with Crippen LogP contribution in [0.5, 0.6) is 0 Å². The number of halogens is 1. The number of anilines is 1. The Morgan fingerprint density at radius 1 is 1.31 bits per heavy atom. The van der Waals surface area contributed by atoms with E-state index in [0.717, 1.165) is 0 Å². The van der Waals surface area contributed by atoms with E-state index in [2.05, 4.69) is 10.6 Å². The molecule has 0 saturated heterocycles. The third kappa shape index (κ3) is 1.65. The number of rotatable bonds is 2. The van der Waals surface area contributed by atoms with Gasteiger partial charge in [0, 0.05) is 0 Å². The highest BCUT2D eigenvalue weighted by molar-refractivity contribution is 6.30. The third-order valence-corrected chi connectivity index (χ3v) is 2.40. The topological polar surface area (TPSA) is 75.3 Å². The second-order valence-corrected chi connectivity index (χ2v) is 3.46. The predicted molar refractivity (Wildman–Crippen MR) is 57.6 cm³/mol. The van der Waals surface area contributed by atoms with E-state index in [1.165, 1.54) is 6.07 Å². The molecule has 82 valence electrons. The molecule has 6 heteroatoms. The molecule has 3 amide bonds. The summed E-state index contributed by atoms with van der Waals surface area (Å²) in [5.41, 5.74) is 0.745. The molecule has 0 radical (unpaired) electrons. The van der Waals surface area contributed by atoms with Crippen LogP contribution in [0.2, 0.25) is 0 Å². The summed E-state index contributed by atoms with van der Waals surface area (Å²) < 4.78 is 0. The van der Waals surface area contributed by atoms with Crippen LogP contribution in [0.4, 0.5) is 5.69 Å². The Balaban J connectivity index is 2.45. The molecule has 1 aliphatic heterocycles. The molecule has 0 atom stereocenters. The molecular formula is C10H7ClN2O3. The van der Waals surface area contributed by atoms with Crippen molar-refractivity contribution in [3.05, 3.63) is 29.3 Å². The fourth-order valence-corrected chi connectivity index (χ4v) is 1.57. The first-order valence-electron chi connectivity index (χ1n) is 4.48. The predicted octanol–water partition coefficient (Wildman–Crippen LogP) is 0.747. The van der Waals surface area contributed by atoms with Crippen LogP contribution in [-0.2, 0) is 4.79 Å². The molecule has 0 saturated carbocycles. The quantitative estimate of drug-likeness (QED) is 0.590. The van der Waals surface area contributed by atoms with Gasteiger partial charge in [-0.05, 0) is 12.1 Å². The Morgan fingerprint density at radius 2 is 2.06 bits per heavy atom. The lowest BCUT2D eigenvalue weighted by Gasteiger charge is -2.06. The van der Waals surface area contributed by atoms with Crippen molar-refractivity contribution in [3.63, 3.8) is 0 Å². The van der Waals surface area contributed by atoms with Gasteiger partial charge in [0.15, 0.2) is 0 Å². The zero-order valence-corrected chi connectivity index (χ0v) is 8.80. The first-order valence-corrected chi connectivity index (χ1v) is 5.01. The van der Waals surface area contributed by atoms with E-state index in [1.54, 1.807) is 12.1 Å². The van der Waals surface area contributed by atoms with Crippen molar-refractivity contribution in [1.29, 1.82) is 0 Å². The van der Waals surface area contributed by atoms with Crippen molar-refractivity contribution >= 4 is 35.0 Å². The van der Waals surface area contributed by atoms with E-state index in [4.69, 9.17) is 11.6 Å². The number of imide groups is 1. The summed E-state index contributed by atoms with van der Waals surface area (Å²) >= 11 is 5.34. The summed E-state index contributed by atoms with van der Waals surface area (Å²) in [6.07, 6.45) is 0. The van der Waals surface area contributed by atoms with Gasteiger partial charge in [-0.3, -0.25) is 19.7 Å². The Kier molecular flexibility index (Phi) is 2.62. The minimum Gasteiger partial charge on any atom is -0.324 e. The van der Waals surface area contributed by atoms with Gasteiger partial charge in [0.1, 0.15) is 5.88 Å². The number of hydrogen-bond acceptors (Lipinski definition) is 3. The molecule has 1 heterocycles. The zero-order chi connectivity index (χ0) is 11.7. The number of alkyl halides is 1. The van der Waals surface area contributed by atoms with Gasteiger partial charge >= 0.3 is 0 Å². The second kappa shape index (κ2) is 3.94. The van der Waals surface area contributed by atoms with Crippen LogP contribution in [0, 0.1) is 0 Å². The Morgan fingerprint density at radius 3 is 2.75 bits per heavy atom. The van der Waals surface area contributed by atoms with E-state index >= 15 is 0 Å². The highest BCUT2D eigenvalue weighted by Crippen LogP contribution is 2.24. The number of benzene rings is 1. The molecule has 0 aliphatic carbocycles. The molecule has 2 rings (SSSR count). The molecule has 0 aromatic heterocycles. The number of carbonyl (C=O) groups excluding carboxylic acids is 3. The normalized spacial score (nSPS) is 13.3. The Labute approximate surface area is 95.8 Å². The maximum atomic E-state index is 11.5. The summed E-state index contributed by atoms with van der Waals surface area (Å²) in [6.45, 7) is 0. The Hall–Kier alpha value is -1.88. The van der Waals surface area contributed by atoms with Crippen molar-refractivity contribution in [3.8, 4) is 0 Å². The number of amides is 3. The summed E-state index contributed by atoms with van der Waals surface area (Å²) in [5.74, 6) is -1.60. The average molecular weight is 239 g/mol. The molecule has 0 unspecified atom stereocenters. The summed E-state index contributed by atoms with van der Waals surface area (Å²) in [5, 5.41) is 4.61. The van der Waals surface area contributed by atoms with Gasteiger partial charge in [-0.1, -0.05) is 6.07 Å². The van der Waals surface area contributed by atoms with Gasteiger partial charge in [-0.2, -0.15) is 0 Å². The first-order chi connectivity index (χ1) is 7.63. The zero-order valence-electron chi connectivity index (χ0n) is 8.04. The average Bonchev–Trinajstić information content (AvgIpc) is 2.56. The highest BCUT2D eigenvalue weighted by atomic mass is 35.5. The first kappa shape index (κ1) is 10.6. The molecular weight excluding hydrogens is 232 g/mol.